The third kappa shape index (κ3) is 5.26. The number of anilines is 1. The summed E-state index contributed by atoms with van der Waals surface area (Å²) in [4.78, 5) is 15.5. The standard InChI is InChI=1S/C20H29ClFN3O2/c1-15-3-2-4-17(18(15)21)25-13-11-24(12-14-25)10-9-20(22)7-5-16(6-8-20)27-19(23)26/h2-4,16H,5-14H2,1H3,(H2,23,26). The van der Waals surface area contributed by atoms with E-state index in [9.17, 15) is 4.79 Å². The Morgan fingerprint density at radius 2 is 1.96 bits per heavy atom. The van der Waals surface area contributed by atoms with Crippen LogP contribution in [0.15, 0.2) is 18.2 Å². The number of hydrogen-bond donors (Lipinski definition) is 1. The number of amides is 1. The number of carbonyl (C=O) groups excluding carboxylic acids is 1. The summed E-state index contributed by atoms with van der Waals surface area (Å²) in [6.45, 7) is 6.40. The van der Waals surface area contributed by atoms with Gasteiger partial charge in [0.15, 0.2) is 0 Å². The predicted octanol–water partition coefficient (Wildman–Crippen LogP) is 3.91. The normalized spacial score (nSPS) is 26.8. The van der Waals surface area contributed by atoms with Gasteiger partial charge in [-0.3, -0.25) is 4.90 Å². The quantitative estimate of drug-likeness (QED) is 0.818. The molecule has 1 aliphatic carbocycles. The molecule has 0 unspecified atom stereocenters. The van der Waals surface area contributed by atoms with Gasteiger partial charge in [0, 0.05) is 32.7 Å². The SMILES string of the molecule is Cc1cccc(N2CCN(CCC3(F)CCC(OC(N)=O)CC3)CC2)c1Cl. The van der Waals surface area contributed by atoms with Crippen molar-refractivity contribution in [1.29, 1.82) is 0 Å². The lowest BCUT2D eigenvalue weighted by Gasteiger charge is -2.39. The maximum Gasteiger partial charge on any atom is 0.404 e. The lowest BCUT2D eigenvalue weighted by Crippen LogP contribution is -2.48. The summed E-state index contributed by atoms with van der Waals surface area (Å²) < 4.78 is 20.0. The molecule has 5 nitrogen and oxygen atoms in total. The van der Waals surface area contributed by atoms with Crippen LogP contribution in [0.2, 0.25) is 5.02 Å². The Bertz CT molecular complexity index is 657. The third-order valence-electron chi connectivity index (χ3n) is 5.87. The third-order valence-corrected chi connectivity index (χ3v) is 6.36. The van der Waals surface area contributed by atoms with Gasteiger partial charge < -0.3 is 15.4 Å². The van der Waals surface area contributed by atoms with Crippen molar-refractivity contribution in [1.82, 2.24) is 4.90 Å². The molecule has 2 N–H and O–H groups in total. The molecule has 1 heterocycles. The molecule has 27 heavy (non-hydrogen) atoms. The fourth-order valence-electron chi connectivity index (χ4n) is 4.09. The van der Waals surface area contributed by atoms with Crippen molar-refractivity contribution in [2.75, 3.05) is 37.6 Å². The van der Waals surface area contributed by atoms with Crippen molar-refractivity contribution in [2.45, 2.75) is 50.8 Å². The van der Waals surface area contributed by atoms with Crippen LogP contribution < -0.4 is 10.6 Å². The zero-order valence-corrected chi connectivity index (χ0v) is 16.7. The molecule has 1 amide bonds. The molecule has 7 heteroatoms. The highest BCUT2D eigenvalue weighted by Crippen LogP contribution is 2.36. The van der Waals surface area contributed by atoms with E-state index in [1.165, 1.54) is 0 Å². The Labute approximate surface area is 165 Å². The number of ether oxygens (including phenoxy) is 1. The van der Waals surface area contributed by atoms with E-state index in [1.54, 1.807) is 0 Å². The Morgan fingerprint density at radius 3 is 2.59 bits per heavy atom. The molecule has 0 radical (unpaired) electrons. The van der Waals surface area contributed by atoms with Gasteiger partial charge in [-0.25, -0.2) is 9.18 Å². The van der Waals surface area contributed by atoms with E-state index in [2.05, 4.69) is 15.9 Å². The number of nitrogens with zero attached hydrogens (tertiary/aromatic N) is 2. The molecule has 2 aliphatic rings. The van der Waals surface area contributed by atoms with Gasteiger partial charge in [-0.1, -0.05) is 23.7 Å². The van der Waals surface area contributed by atoms with Crippen LogP contribution in [0.25, 0.3) is 0 Å². The summed E-state index contributed by atoms with van der Waals surface area (Å²) in [5.74, 6) is 0. The van der Waals surface area contributed by atoms with Crippen LogP contribution in [0.4, 0.5) is 14.9 Å². The van der Waals surface area contributed by atoms with Crippen LogP contribution in [0.5, 0.6) is 0 Å². The fourth-order valence-corrected chi connectivity index (χ4v) is 4.33. The molecule has 1 saturated heterocycles. The largest absolute Gasteiger partial charge is 0.446 e. The first-order valence-electron chi connectivity index (χ1n) is 9.74. The first kappa shape index (κ1) is 20.2. The van der Waals surface area contributed by atoms with Gasteiger partial charge >= 0.3 is 6.09 Å². The molecule has 2 fully saturated rings. The number of carbonyl (C=O) groups is 1. The minimum Gasteiger partial charge on any atom is -0.446 e. The van der Waals surface area contributed by atoms with E-state index < -0.39 is 11.8 Å². The predicted molar refractivity (Wildman–Crippen MR) is 106 cm³/mol. The number of piperazine rings is 1. The maximum absolute atomic E-state index is 15.1. The number of hydrogen-bond acceptors (Lipinski definition) is 4. The number of alkyl halides is 1. The minimum absolute atomic E-state index is 0.228. The van der Waals surface area contributed by atoms with Crippen LogP contribution in [0.1, 0.15) is 37.7 Å². The summed E-state index contributed by atoms with van der Waals surface area (Å²) >= 11 is 6.44. The number of aryl methyl sites for hydroxylation is 1. The summed E-state index contributed by atoms with van der Waals surface area (Å²) in [6, 6.07) is 6.12. The molecule has 3 rings (SSSR count). The number of nitrogens with two attached hydrogens (primary N) is 1. The van der Waals surface area contributed by atoms with Gasteiger partial charge in [-0.2, -0.15) is 0 Å². The van der Waals surface area contributed by atoms with Gasteiger partial charge in [-0.15, -0.1) is 0 Å². The molecule has 0 atom stereocenters. The molecule has 1 aromatic carbocycles. The summed E-state index contributed by atoms with van der Waals surface area (Å²) in [5, 5.41) is 0.823. The van der Waals surface area contributed by atoms with Crippen LogP contribution in [-0.4, -0.2) is 55.5 Å². The van der Waals surface area contributed by atoms with E-state index in [-0.39, 0.29) is 6.10 Å². The second-order valence-corrected chi connectivity index (χ2v) is 8.15. The summed E-state index contributed by atoms with van der Waals surface area (Å²) in [6.07, 6.45) is 1.51. The van der Waals surface area contributed by atoms with Gasteiger partial charge in [0.2, 0.25) is 0 Å². The van der Waals surface area contributed by atoms with Crippen molar-refractivity contribution in [2.24, 2.45) is 5.73 Å². The van der Waals surface area contributed by atoms with Crippen molar-refractivity contribution in [3.8, 4) is 0 Å². The molecule has 1 aromatic rings. The highest BCUT2D eigenvalue weighted by atomic mass is 35.5. The number of rotatable bonds is 5. The molecule has 0 aromatic heterocycles. The Morgan fingerprint density at radius 1 is 1.30 bits per heavy atom. The minimum atomic E-state index is -1.16. The van der Waals surface area contributed by atoms with Gasteiger partial charge in [0.25, 0.3) is 0 Å². The molecular weight excluding hydrogens is 369 g/mol. The van der Waals surface area contributed by atoms with Crippen molar-refractivity contribution in [3.63, 3.8) is 0 Å². The van der Waals surface area contributed by atoms with E-state index in [1.807, 2.05) is 19.1 Å². The smallest absolute Gasteiger partial charge is 0.404 e. The molecule has 150 valence electrons. The van der Waals surface area contributed by atoms with E-state index in [4.69, 9.17) is 22.1 Å². The molecule has 1 aliphatic heterocycles. The molecule has 1 saturated carbocycles. The van der Waals surface area contributed by atoms with Crippen molar-refractivity contribution < 1.29 is 13.9 Å². The Hall–Kier alpha value is -1.53. The number of benzene rings is 1. The maximum atomic E-state index is 15.1. The molecule has 0 spiro atoms. The fraction of sp³-hybridized carbons (Fsp3) is 0.650. The van der Waals surface area contributed by atoms with Crippen LogP contribution >= 0.6 is 11.6 Å². The molecular formula is C20H29ClFN3O2. The monoisotopic (exact) mass is 397 g/mol. The first-order valence-corrected chi connectivity index (χ1v) is 10.1. The summed E-state index contributed by atoms with van der Waals surface area (Å²) in [7, 11) is 0. The first-order chi connectivity index (χ1) is 12.9. The van der Waals surface area contributed by atoms with Crippen molar-refractivity contribution in [3.05, 3.63) is 28.8 Å². The van der Waals surface area contributed by atoms with Gasteiger partial charge in [-0.05, 0) is 50.7 Å². The van der Waals surface area contributed by atoms with Crippen molar-refractivity contribution >= 4 is 23.4 Å². The highest BCUT2D eigenvalue weighted by molar-refractivity contribution is 6.34. The average molecular weight is 398 g/mol. The zero-order chi connectivity index (χ0) is 19.4. The van der Waals surface area contributed by atoms with Crippen LogP contribution in [-0.2, 0) is 4.74 Å². The van der Waals surface area contributed by atoms with E-state index >= 15 is 4.39 Å². The Kier molecular flexibility index (Phi) is 6.48. The topological polar surface area (TPSA) is 58.8 Å². The Balaban J connectivity index is 1.43. The van der Waals surface area contributed by atoms with Gasteiger partial charge in [0.05, 0.1) is 10.7 Å². The number of halogens is 2. The second-order valence-electron chi connectivity index (χ2n) is 7.77. The molecule has 0 bridgehead atoms. The lowest BCUT2D eigenvalue weighted by molar-refractivity contribution is 0.0120. The second kappa shape index (κ2) is 8.65. The number of primary amides is 1. The zero-order valence-electron chi connectivity index (χ0n) is 15.9. The van der Waals surface area contributed by atoms with Gasteiger partial charge in [0.1, 0.15) is 11.8 Å². The lowest BCUT2D eigenvalue weighted by atomic mass is 9.82. The van der Waals surface area contributed by atoms with Crippen LogP contribution in [0.3, 0.4) is 0 Å². The van der Waals surface area contributed by atoms with E-state index in [0.717, 1.165) is 49.0 Å². The average Bonchev–Trinajstić information content (AvgIpc) is 2.65. The van der Waals surface area contributed by atoms with Crippen LogP contribution in [0, 0.1) is 6.92 Å². The van der Waals surface area contributed by atoms with E-state index in [0.29, 0.717) is 32.1 Å². The highest BCUT2D eigenvalue weighted by Gasteiger charge is 2.36. The summed E-state index contributed by atoms with van der Waals surface area (Å²) in [5.41, 5.74) is 6.06.